The van der Waals surface area contributed by atoms with Crippen LogP contribution in [-0.2, 0) is 6.42 Å². The van der Waals surface area contributed by atoms with Gasteiger partial charge in [-0.25, -0.2) is 9.98 Å². The average molecular weight is 488 g/mol. The number of aliphatic imine (C=N–C) groups is 1. The number of aryl methyl sites for hydroxylation is 2. The van der Waals surface area contributed by atoms with Gasteiger partial charge in [0.25, 0.3) is 0 Å². The van der Waals surface area contributed by atoms with E-state index in [9.17, 15) is 0 Å². The van der Waals surface area contributed by atoms with Crippen LogP contribution in [-0.4, -0.2) is 68.4 Å². The molecule has 3 rings (SSSR count). The Morgan fingerprint density at radius 3 is 2.72 bits per heavy atom. The van der Waals surface area contributed by atoms with Crippen molar-refractivity contribution in [1.29, 1.82) is 0 Å². The molecule has 1 aliphatic rings. The summed E-state index contributed by atoms with van der Waals surface area (Å²) in [6, 6.07) is 10.6. The molecule has 1 aromatic heterocycles. The number of hydrogen-bond acceptors (Lipinski definition) is 6. The highest BCUT2D eigenvalue weighted by Gasteiger charge is 2.18. The van der Waals surface area contributed by atoms with Gasteiger partial charge >= 0.3 is 0 Å². The smallest absolute Gasteiger partial charge is 0.213 e. The molecule has 0 amide bonds. The minimum absolute atomic E-state index is 0.264. The number of nitrogens with one attached hydrogen (secondary N) is 1. The van der Waals surface area contributed by atoms with Crippen LogP contribution in [0.15, 0.2) is 66.2 Å². The van der Waals surface area contributed by atoms with E-state index in [1.807, 2.05) is 31.3 Å². The molecule has 1 saturated heterocycles. The van der Waals surface area contributed by atoms with Gasteiger partial charge in [-0.3, -0.25) is 0 Å². The molecule has 1 fully saturated rings. The molecule has 0 atom stereocenters. The number of pyridine rings is 1. The molecule has 0 saturated carbocycles. The fourth-order valence-electron chi connectivity index (χ4n) is 4.25. The van der Waals surface area contributed by atoms with E-state index in [4.69, 9.17) is 4.74 Å². The lowest BCUT2D eigenvalue weighted by Crippen LogP contribution is -2.35. The summed E-state index contributed by atoms with van der Waals surface area (Å²) in [7, 11) is 6.18. The zero-order valence-electron chi connectivity index (χ0n) is 22.3. The maximum Gasteiger partial charge on any atom is 0.213 e. The van der Waals surface area contributed by atoms with Crippen LogP contribution in [0.3, 0.4) is 0 Å². The molecule has 0 radical (unpaired) electrons. The molecule has 2 aromatic rings. The fourth-order valence-corrected chi connectivity index (χ4v) is 4.25. The number of hydrogen-bond donors (Lipinski definition) is 1. The zero-order valence-corrected chi connectivity index (χ0v) is 22.3. The number of benzene rings is 1. The third-order valence-electron chi connectivity index (χ3n) is 6.39. The maximum atomic E-state index is 6.14. The van der Waals surface area contributed by atoms with E-state index in [1.165, 1.54) is 11.1 Å². The van der Waals surface area contributed by atoms with E-state index in [1.54, 1.807) is 0 Å². The molecule has 0 spiro atoms. The summed E-state index contributed by atoms with van der Waals surface area (Å²) in [5, 5.41) is 3.43. The third-order valence-corrected chi connectivity index (χ3v) is 6.39. The van der Waals surface area contributed by atoms with Gasteiger partial charge < -0.3 is 19.9 Å². The number of ether oxygens (including phenoxy) is 1. The van der Waals surface area contributed by atoms with Crippen molar-refractivity contribution in [2.24, 2.45) is 4.99 Å². The van der Waals surface area contributed by atoms with E-state index in [-0.39, 0.29) is 6.10 Å². The van der Waals surface area contributed by atoms with Crippen molar-refractivity contribution in [3.63, 3.8) is 0 Å². The molecular weight excluding hydrogens is 446 g/mol. The second-order valence-corrected chi connectivity index (χ2v) is 9.66. The second-order valence-electron chi connectivity index (χ2n) is 9.66. The predicted octanol–water partition coefficient (Wildman–Crippen LogP) is 5.17. The van der Waals surface area contributed by atoms with Crippen LogP contribution in [0.2, 0.25) is 0 Å². The third kappa shape index (κ3) is 8.38. The van der Waals surface area contributed by atoms with Gasteiger partial charge in [0.2, 0.25) is 5.88 Å². The molecule has 6 nitrogen and oxygen atoms in total. The summed E-state index contributed by atoms with van der Waals surface area (Å²) in [6.07, 6.45) is 12.1. The van der Waals surface area contributed by atoms with Crippen LogP contribution in [0.25, 0.3) is 11.6 Å². The van der Waals surface area contributed by atoms with Crippen LogP contribution in [0.1, 0.15) is 41.5 Å². The van der Waals surface area contributed by atoms with Crippen molar-refractivity contribution in [2.45, 2.75) is 38.7 Å². The summed E-state index contributed by atoms with van der Waals surface area (Å²) < 4.78 is 6.14. The van der Waals surface area contributed by atoms with Gasteiger partial charge in [-0.2, -0.15) is 0 Å². The van der Waals surface area contributed by atoms with Crippen molar-refractivity contribution in [1.82, 2.24) is 20.1 Å². The maximum absolute atomic E-state index is 6.14. The van der Waals surface area contributed by atoms with Gasteiger partial charge in [0.15, 0.2) is 0 Å². The molecule has 6 heteroatoms. The summed E-state index contributed by atoms with van der Waals surface area (Å²) in [5.74, 6) is 1.51. The Hall–Kier alpha value is -3.38. The first-order valence-electron chi connectivity index (χ1n) is 12.7. The van der Waals surface area contributed by atoms with E-state index in [0.29, 0.717) is 0 Å². The summed E-state index contributed by atoms with van der Waals surface area (Å²) in [6.45, 7) is 12.8. The van der Waals surface area contributed by atoms with Gasteiger partial charge in [-0.05, 0) is 92.4 Å². The van der Waals surface area contributed by atoms with Gasteiger partial charge in [-0.1, -0.05) is 24.8 Å². The second kappa shape index (κ2) is 13.6. The normalized spacial score (nSPS) is 15.4. The SMILES string of the molecule is C=C/C(=C\N(C)C)c1ccc(C)c(/C=C(\N=C)NCCCc2ccnc(OC3CCN(C)CC3)c2)c1. The Kier molecular flexibility index (Phi) is 10.3. The van der Waals surface area contributed by atoms with Crippen molar-refractivity contribution in [3.05, 3.63) is 83.5 Å². The first-order valence-corrected chi connectivity index (χ1v) is 12.7. The van der Waals surface area contributed by atoms with Gasteiger partial charge in [0.1, 0.15) is 11.9 Å². The van der Waals surface area contributed by atoms with E-state index < -0.39 is 0 Å². The number of rotatable bonds is 12. The van der Waals surface area contributed by atoms with Crippen molar-refractivity contribution >= 4 is 18.4 Å². The summed E-state index contributed by atoms with van der Waals surface area (Å²) in [4.78, 5) is 13.0. The molecule has 0 aliphatic carbocycles. The van der Waals surface area contributed by atoms with Crippen LogP contribution >= 0.6 is 0 Å². The first-order chi connectivity index (χ1) is 17.4. The predicted molar refractivity (Wildman–Crippen MR) is 152 cm³/mol. The summed E-state index contributed by atoms with van der Waals surface area (Å²) >= 11 is 0. The number of likely N-dealkylation sites (tertiary alicyclic amines) is 1. The number of allylic oxidation sites excluding steroid dienone is 2. The Morgan fingerprint density at radius 2 is 2.03 bits per heavy atom. The quantitative estimate of drug-likeness (QED) is 0.254. The van der Waals surface area contributed by atoms with Crippen molar-refractivity contribution in [2.75, 3.05) is 40.8 Å². The van der Waals surface area contributed by atoms with Gasteiger partial charge in [0, 0.05) is 52.2 Å². The topological polar surface area (TPSA) is 53.0 Å². The molecule has 1 N–H and O–H groups in total. The van der Waals surface area contributed by atoms with E-state index in [2.05, 4.69) is 90.1 Å². The molecule has 1 aliphatic heterocycles. The lowest BCUT2D eigenvalue weighted by Gasteiger charge is -2.28. The summed E-state index contributed by atoms with van der Waals surface area (Å²) in [5.41, 5.74) is 5.73. The molecule has 192 valence electrons. The zero-order chi connectivity index (χ0) is 25.9. The van der Waals surface area contributed by atoms with Gasteiger partial charge in [0.05, 0.1) is 0 Å². The van der Waals surface area contributed by atoms with E-state index >= 15 is 0 Å². The van der Waals surface area contributed by atoms with Crippen LogP contribution in [0.5, 0.6) is 5.88 Å². The molecule has 1 aromatic carbocycles. The number of aromatic nitrogens is 1. The molecule has 0 unspecified atom stereocenters. The van der Waals surface area contributed by atoms with Crippen molar-refractivity contribution < 1.29 is 4.74 Å². The van der Waals surface area contributed by atoms with E-state index in [0.717, 1.165) is 73.7 Å². The van der Waals surface area contributed by atoms with Crippen LogP contribution in [0, 0.1) is 6.92 Å². The lowest BCUT2D eigenvalue weighted by atomic mass is 10.00. The molecule has 0 bridgehead atoms. The minimum Gasteiger partial charge on any atom is -0.474 e. The van der Waals surface area contributed by atoms with Gasteiger partial charge in [-0.15, -0.1) is 0 Å². The highest BCUT2D eigenvalue weighted by molar-refractivity contribution is 5.75. The standard InChI is InChI=1S/C30H41N5O/c1-7-25(22-34(4)5)26-11-10-23(2)27(20-26)21-29(31-3)32-15-8-9-24-12-16-33-30(19-24)36-28-13-17-35(6)18-14-28/h7,10-12,16,19-22,28,32H,1,3,8-9,13-15,17-18H2,2,4-6H3/b25-22+,29-21+. The van der Waals surface area contributed by atoms with Crippen LogP contribution < -0.4 is 10.1 Å². The highest BCUT2D eigenvalue weighted by Crippen LogP contribution is 2.22. The Morgan fingerprint density at radius 1 is 1.25 bits per heavy atom. The Bertz CT molecular complexity index is 1080. The number of nitrogens with zero attached hydrogens (tertiary/aromatic N) is 4. The molecular formula is C30H41N5O. The average Bonchev–Trinajstić information content (AvgIpc) is 2.87. The monoisotopic (exact) mass is 487 g/mol. The fraction of sp³-hybridized carbons (Fsp3) is 0.400. The largest absolute Gasteiger partial charge is 0.474 e. The van der Waals surface area contributed by atoms with Crippen molar-refractivity contribution in [3.8, 4) is 5.88 Å². The minimum atomic E-state index is 0.264. The highest BCUT2D eigenvalue weighted by atomic mass is 16.5. The first kappa shape index (κ1) is 27.2. The van der Waals surface area contributed by atoms with Crippen LogP contribution in [0.4, 0.5) is 0 Å². The number of piperidine rings is 1. The molecule has 2 heterocycles. The lowest BCUT2D eigenvalue weighted by molar-refractivity contribution is 0.110. The molecule has 36 heavy (non-hydrogen) atoms. The Labute approximate surface area is 217 Å². The Balaban J connectivity index is 1.56.